The topological polar surface area (TPSA) is 113 Å². The minimum Gasteiger partial charge on any atom is -0.399 e. The van der Waals surface area contributed by atoms with E-state index >= 15 is 0 Å². The van der Waals surface area contributed by atoms with Gasteiger partial charge in [-0.15, -0.1) is 0 Å². The molecule has 8 nitrogen and oxygen atoms in total. The standard InChI is InChI=1S/C17H15F3N8/c1-9-4-5-27(26-9)14-12-7-23-28(15(12)25-16(22)24-14)8-10-2-3-11(21)6-13(10)17(18,19)20/h2-7H,8,21H2,1H3,(H2,22,24,25). The number of anilines is 2. The number of aryl methyl sites for hydroxylation is 1. The molecule has 0 aliphatic heterocycles. The Morgan fingerprint density at radius 3 is 2.57 bits per heavy atom. The van der Waals surface area contributed by atoms with Gasteiger partial charge in [0.1, 0.15) is 0 Å². The van der Waals surface area contributed by atoms with Gasteiger partial charge in [0.15, 0.2) is 11.5 Å². The zero-order chi connectivity index (χ0) is 20.1. The van der Waals surface area contributed by atoms with Gasteiger partial charge in [0.25, 0.3) is 0 Å². The van der Waals surface area contributed by atoms with E-state index in [0.717, 1.165) is 11.8 Å². The first-order valence-corrected chi connectivity index (χ1v) is 8.19. The second kappa shape index (κ2) is 6.22. The van der Waals surface area contributed by atoms with Crippen LogP contribution in [0.5, 0.6) is 0 Å². The molecule has 0 aliphatic carbocycles. The number of nitrogen functional groups attached to an aromatic ring is 2. The predicted molar refractivity (Wildman–Crippen MR) is 96.6 cm³/mol. The Labute approximate surface area is 156 Å². The number of rotatable bonds is 3. The molecular weight excluding hydrogens is 373 g/mol. The maximum absolute atomic E-state index is 13.4. The van der Waals surface area contributed by atoms with Crippen LogP contribution in [0.3, 0.4) is 0 Å². The Bertz CT molecular complexity index is 1180. The third kappa shape index (κ3) is 3.10. The fraction of sp³-hybridized carbons (Fsp3) is 0.176. The summed E-state index contributed by atoms with van der Waals surface area (Å²) in [6, 6.07) is 5.44. The van der Waals surface area contributed by atoms with Gasteiger partial charge in [0, 0.05) is 11.9 Å². The van der Waals surface area contributed by atoms with Gasteiger partial charge in [-0.25, -0.2) is 9.36 Å². The average molecular weight is 388 g/mol. The summed E-state index contributed by atoms with van der Waals surface area (Å²) in [6.45, 7) is 1.66. The van der Waals surface area contributed by atoms with Gasteiger partial charge in [0.05, 0.1) is 29.4 Å². The van der Waals surface area contributed by atoms with E-state index in [1.807, 2.05) is 6.92 Å². The van der Waals surface area contributed by atoms with Gasteiger partial charge < -0.3 is 11.5 Å². The fourth-order valence-corrected chi connectivity index (χ4v) is 2.94. The maximum Gasteiger partial charge on any atom is 0.416 e. The summed E-state index contributed by atoms with van der Waals surface area (Å²) >= 11 is 0. The Kier molecular flexibility index (Phi) is 3.95. The number of nitrogens with two attached hydrogens (primary N) is 2. The molecule has 0 radical (unpaired) electrons. The van der Waals surface area contributed by atoms with Crippen molar-refractivity contribution in [2.45, 2.75) is 19.6 Å². The van der Waals surface area contributed by atoms with Crippen LogP contribution in [0.1, 0.15) is 16.8 Å². The van der Waals surface area contributed by atoms with Crippen LogP contribution in [0.4, 0.5) is 24.8 Å². The van der Waals surface area contributed by atoms with Crippen LogP contribution in [0.25, 0.3) is 16.9 Å². The summed E-state index contributed by atoms with van der Waals surface area (Å²) < 4.78 is 43.0. The highest BCUT2D eigenvalue weighted by atomic mass is 19.4. The lowest BCUT2D eigenvalue weighted by Crippen LogP contribution is -2.13. The Balaban J connectivity index is 1.83. The van der Waals surface area contributed by atoms with Crippen molar-refractivity contribution in [1.29, 1.82) is 0 Å². The van der Waals surface area contributed by atoms with E-state index in [1.165, 1.54) is 27.7 Å². The van der Waals surface area contributed by atoms with Crippen molar-refractivity contribution in [3.63, 3.8) is 0 Å². The van der Waals surface area contributed by atoms with Crippen molar-refractivity contribution >= 4 is 22.7 Å². The second-order valence-corrected chi connectivity index (χ2v) is 6.26. The molecule has 0 saturated heterocycles. The second-order valence-electron chi connectivity index (χ2n) is 6.26. The first-order valence-electron chi connectivity index (χ1n) is 8.19. The number of nitrogens with zero attached hydrogens (tertiary/aromatic N) is 6. The zero-order valence-corrected chi connectivity index (χ0v) is 14.6. The normalized spacial score (nSPS) is 12.0. The molecule has 28 heavy (non-hydrogen) atoms. The first-order chi connectivity index (χ1) is 13.2. The lowest BCUT2D eigenvalue weighted by atomic mass is 10.1. The van der Waals surface area contributed by atoms with Crippen molar-refractivity contribution in [2.24, 2.45) is 0 Å². The van der Waals surface area contributed by atoms with Gasteiger partial charge in [0.2, 0.25) is 5.95 Å². The molecule has 0 fully saturated rings. The van der Waals surface area contributed by atoms with Crippen LogP contribution in [0, 0.1) is 6.92 Å². The highest BCUT2D eigenvalue weighted by Gasteiger charge is 2.33. The largest absolute Gasteiger partial charge is 0.416 e. The van der Waals surface area contributed by atoms with E-state index < -0.39 is 11.7 Å². The molecule has 0 atom stereocenters. The number of aromatic nitrogens is 6. The van der Waals surface area contributed by atoms with Crippen molar-refractivity contribution in [1.82, 2.24) is 29.5 Å². The van der Waals surface area contributed by atoms with Crippen LogP contribution >= 0.6 is 0 Å². The molecule has 0 unspecified atom stereocenters. The lowest BCUT2D eigenvalue weighted by molar-refractivity contribution is -0.138. The molecule has 4 N–H and O–H groups in total. The molecule has 4 rings (SSSR count). The average Bonchev–Trinajstić information content (AvgIpc) is 3.21. The van der Waals surface area contributed by atoms with Crippen LogP contribution in [-0.2, 0) is 12.7 Å². The molecule has 0 spiro atoms. The van der Waals surface area contributed by atoms with Crippen molar-refractivity contribution in [2.75, 3.05) is 11.5 Å². The minimum atomic E-state index is -4.54. The maximum atomic E-state index is 13.4. The molecular formula is C17H15F3N8. The van der Waals surface area contributed by atoms with Crippen LogP contribution in [0.15, 0.2) is 36.7 Å². The SMILES string of the molecule is Cc1ccn(-c2nc(N)nc3c2cnn3Cc2ccc(N)cc2C(F)(F)F)n1. The molecule has 3 aromatic heterocycles. The molecule has 0 saturated carbocycles. The molecule has 0 aliphatic rings. The van der Waals surface area contributed by atoms with Crippen molar-refractivity contribution in [3.8, 4) is 5.82 Å². The minimum absolute atomic E-state index is 0.0142. The number of fused-ring (bicyclic) bond motifs is 1. The van der Waals surface area contributed by atoms with Gasteiger partial charge in [-0.2, -0.15) is 33.3 Å². The zero-order valence-electron chi connectivity index (χ0n) is 14.6. The molecule has 11 heteroatoms. The van der Waals surface area contributed by atoms with E-state index in [0.29, 0.717) is 16.9 Å². The number of hydrogen-bond acceptors (Lipinski definition) is 6. The van der Waals surface area contributed by atoms with Crippen LogP contribution in [-0.4, -0.2) is 29.5 Å². The quantitative estimate of drug-likeness (QED) is 0.522. The summed E-state index contributed by atoms with van der Waals surface area (Å²) in [4.78, 5) is 8.35. The molecule has 1 aromatic carbocycles. The third-order valence-corrected chi connectivity index (χ3v) is 4.19. The Morgan fingerprint density at radius 1 is 1.11 bits per heavy atom. The van der Waals surface area contributed by atoms with Crippen LogP contribution < -0.4 is 11.5 Å². The van der Waals surface area contributed by atoms with Crippen molar-refractivity contribution in [3.05, 3.63) is 53.5 Å². The third-order valence-electron chi connectivity index (χ3n) is 4.19. The Morgan fingerprint density at radius 2 is 1.89 bits per heavy atom. The number of hydrogen-bond donors (Lipinski definition) is 2. The number of benzene rings is 1. The Hall–Kier alpha value is -3.63. The molecule has 4 aromatic rings. The summed E-state index contributed by atoms with van der Waals surface area (Å²) in [7, 11) is 0. The highest BCUT2D eigenvalue weighted by Crippen LogP contribution is 2.34. The van der Waals surface area contributed by atoms with Gasteiger partial charge in [-0.1, -0.05) is 6.07 Å². The van der Waals surface area contributed by atoms with E-state index in [4.69, 9.17) is 11.5 Å². The van der Waals surface area contributed by atoms with E-state index in [2.05, 4.69) is 20.2 Å². The molecule has 0 amide bonds. The van der Waals surface area contributed by atoms with Gasteiger partial charge in [-0.05, 0) is 30.7 Å². The molecule has 0 bridgehead atoms. The lowest BCUT2D eigenvalue weighted by Gasteiger charge is -2.14. The number of halogens is 3. The first kappa shape index (κ1) is 17.8. The van der Waals surface area contributed by atoms with E-state index in [9.17, 15) is 13.2 Å². The summed E-state index contributed by atoms with van der Waals surface area (Å²) in [6.07, 6.45) is -1.36. The van der Waals surface area contributed by atoms with Crippen molar-refractivity contribution < 1.29 is 13.2 Å². The monoisotopic (exact) mass is 388 g/mol. The molecule has 3 heterocycles. The van der Waals surface area contributed by atoms with Crippen LogP contribution in [0.2, 0.25) is 0 Å². The van der Waals surface area contributed by atoms with Gasteiger partial charge >= 0.3 is 6.18 Å². The highest BCUT2D eigenvalue weighted by molar-refractivity contribution is 5.83. The smallest absolute Gasteiger partial charge is 0.399 e. The molecule has 144 valence electrons. The predicted octanol–water partition coefficient (Wildman–Crippen LogP) is 2.55. The number of alkyl halides is 3. The summed E-state index contributed by atoms with van der Waals surface area (Å²) in [5, 5.41) is 9.00. The van der Waals surface area contributed by atoms with E-state index in [-0.39, 0.29) is 23.7 Å². The fourth-order valence-electron chi connectivity index (χ4n) is 2.94. The summed E-state index contributed by atoms with van der Waals surface area (Å²) in [5.41, 5.74) is 11.6. The van der Waals surface area contributed by atoms with E-state index in [1.54, 1.807) is 12.3 Å². The summed E-state index contributed by atoms with van der Waals surface area (Å²) in [5.74, 6) is 0.362. The van der Waals surface area contributed by atoms with Gasteiger partial charge in [-0.3, -0.25) is 0 Å².